The summed E-state index contributed by atoms with van der Waals surface area (Å²) in [6.45, 7) is 5.62. The van der Waals surface area contributed by atoms with E-state index in [9.17, 15) is 14.4 Å². The Bertz CT molecular complexity index is 1950. The summed E-state index contributed by atoms with van der Waals surface area (Å²) >= 11 is 6.37. The van der Waals surface area contributed by atoms with E-state index >= 15 is 4.39 Å². The van der Waals surface area contributed by atoms with E-state index in [0.717, 1.165) is 24.9 Å². The number of likely N-dealkylation sites (tertiary alicyclic amines) is 1. The number of aromatic nitrogens is 4. The van der Waals surface area contributed by atoms with Gasteiger partial charge in [0, 0.05) is 42.2 Å². The number of nitrogens with one attached hydrogen (secondary N) is 1. The molecule has 1 amide bonds. The molecule has 14 heteroatoms. The van der Waals surface area contributed by atoms with Gasteiger partial charge in [-0.2, -0.15) is 20.3 Å². The van der Waals surface area contributed by atoms with E-state index in [2.05, 4.69) is 34.8 Å². The molecule has 0 radical (unpaired) electrons. The number of aromatic amines is 1. The molecule has 2 aromatic heterocycles. The monoisotopic (exact) mass is 662 g/mol. The van der Waals surface area contributed by atoms with Gasteiger partial charge in [0.25, 0.3) is 5.91 Å². The lowest BCUT2D eigenvalue weighted by atomic mass is 9.90. The normalized spacial score (nSPS) is 19.9. The van der Waals surface area contributed by atoms with Gasteiger partial charge in [0.05, 0.1) is 52.8 Å². The zero-order valence-corrected chi connectivity index (χ0v) is 26.6. The van der Waals surface area contributed by atoms with Crippen molar-refractivity contribution in [1.29, 1.82) is 5.26 Å². The standard InChI is InChI=1S/C33H33ClF2N8O3/c1-18(35)32(45)44-11-10-43(16-19(44)7-8-37)31-28-26(39-33(40-31)47-17-20-5-3-9-42(20)2)13-22(21-6-4-12-46-30(21)28)27-23-15-38-41-25(23)14-24(34)29(27)36/h13-15,19-20H,1,3-7,9-12,16-17H2,2H3,(H,38,41)/t19-,20?/m0/s1. The number of anilines is 1. The molecular weight excluding hydrogens is 630 g/mol. The number of amides is 1. The van der Waals surface area contributed by atoms with Crippen LogP contribution in [0.1, 0.15) is 31.2 Å². The first kappa shape index (κ1) is 31.1. The predicted octanol–water partition coefficient (Wildman–Crippen LogP) is 5.18. The molecule has 2 aromatic carbocycles. The fraction of sp³-hybridized carbons (Fsp3) is 0.424. The highest BCUT2D eigenvalue weighted by molar-refractivity contribution is 6.32. The average Bonchev–Trinajstić information content (AvgIpc) is 3.71. The second-order valence-electron chi connectivity index (χ2n) is 12.2. The van der Waals surface area contributed by atoms with Crippen LogP contribution >= 0.6 is 11.6 Å². The third-order valence-electron chi connectivity index (χ3n) is 9.41. The Morgan fingerprint density at radius 2 is 2.11 bits per heavy atom. The Kier molecular flexibility index (Phi) is 8.32. The maximum absolute atomic E-state index is 15.9. The van der Waals surface area contributed by atoms with Crippen LogP contribution in [0.4, 0.5) is 14.6 Å². The molecule has 0 aliphatic carbocycles. The Balaban J connectivity index is 1.40. The van der Waals surface area contributed by atoms with E-state index in [1.165, 1.54) is 11.0 Å². The van der Waals surface area contributed by atoms with Crippen LogP contribution in [-0.4, -0.2) is 94.4 Å². The minimum Gasteiger partial charge on any atom is -0.492 e. The molecule has 0 spiro atoms. The Hall–Kier alpha value is -4.54. The molecule has 1 unspecified atom stereocenters. The van der Waals surface area contributed by atoms with Crippen molar-refractivity contribution in [2.45, 2.75) is 44.2 Å². The molecular formula is C33H33ClF2N8O3. The van der Waals surface area contributed by atoms with Crippen molar-refractivity contribution in [3.8, 4) is 29.0 Å². The van der Waals surface area contributed by atoms with E-state index in [1.807, 2.05) is 11.0 Å². The summed E-state index contributed by atoms with van der Waals surface area (Å²) in [7, 11) is 2.06. The first-order valence-corrected chi connectivity index (χ1v) is 16.0. The van der Waals surface area contributed by atoms with Gasteiger partial charge in [0.15, 0.2) is 5.83 Å². The van der Waals surface area contributed by atoms with Crippen molar-refractivity contribution in [3.05, 3.63) is 47.1 Å². The van der Waals surface area contributed by atoms with Crippen LogP contribution in [0, 0.1) is 17.1 Å². The minimum atomic E-state index is -1.07. The number of hydrogen-bond donors (Lipinski definition) is 1. The van der Waals surface area contributed by atoms with Crippen LogP contribution in [0.3, 0.4) is 0 Å². The lowest BCUT2D eigenvalue weighted by molar-refractivity contribution is -0.131. The number of carbonyl (C=O) groups is 1. The van der Waals surface area contributed by atoms with Gasteiger partial charge in [-0.05, 0) is 57.0 Å². The van der Waals surface area contributed by atoms with E-state index in [-0.39, 0.29) is 36.6 Å². The minimum absolute atomic E-state index is 0.0105. The van der Waals surface area contributed by atoms with E-state index < -0.39 is 23.6 Å². The number of ether oxygens (including phenoxy) is 2. The molecule has 3 aliphatic heterocycles. The Labute approximate surface area is 274 Å². The number of nitrogens with zero attached hydrogens (tertiary/aromatic N) is 7. The zero-order valence-electron chi connectivity index (χ0n) is 25.9. The molecule has 2 saturated heterocycles. The van der Waals surface area contributed by atoms with Crippen molar-refractivity contribution in [3.63, 3.8) is 0 Å². The SMILES string of the molecule is C=C(F)C(=O)N1CCN(c2nc(OCC3CCCN3C)nc3cc(-c4c(F)c(Cl)cc5[nH]ncc45)c4c(c23)OCCC4)C[C@@H]1CC#N. The maximum Gasteiger partial charge on any atom is 0.319 e. The summed E-state index contributed by atoms with van der Waals surface area (Å²) in [5, 5.41) is 17.8. The molecule has 2 atom stereocenters. The van der Waals surface area contributed by atoms with Gasteiger partial charge in [-0.25, -0.2) is 8.78 Å². The van der Waals surface area contributed by atoms with Crippen molar-refractivity contribution in [2.75, 3.05) is 51.3 Å². The van der Waals surface area contributed by atoms with Crippen LogP contribution in [0.25, 0.3) is 32.9 Å². The third-order valence-corrected chi connectivity index (χ3v) is 9.68. The van der Waals surface area contributed by atoms with Gasteiger partial charge >= 0.3 is 6.01 Å². The van der Waals surface area contributed by atoms with E-state index in [0.29, 0.717) is 77.1 Å². The van der Waals surface area contributed by atoms with Crippen LogP contribution in [-0.2, 0) is 11.2 Å². The molecule has 0 bridgehead atoms. The number of nitriles is 1. The summed E-state index contributed by atoms with van der Waals surface area (Å²) in [4.78, 5) is 27.9. The second-order valence-corrected chi connectivity index (χ2v) is 12.6. The second kappa shape index (κ2) is 12.6. The highest BCUT2D eigenvalue weighted by atomic mass is 35.5. The van der Waals surface area contributed by atoms with Crippen LogP contribution in [0.15, 0.2) is 30.7 Å². The van der Waals surface area contributed by atoms with E-state index in [4.69, 9.17) is 31.0 Å². The van der Waals surface area contributed by atoms with Crippen molar-refractivity contribution < 1.29 is 23.0 Å². The van der Waals surface area contributed by atoms with Crippen molar-refractivity contribution in [1.82, 2.24) is 30.0 Å². The Morgan fingerprint density at radius 3 is 2.87 bits per heavy atom. The summed E-state index contributed by atoms with van der Waals surface area (Å²) < 4.78 is 42.5. The number of H-pyrrole nitrogens is 1. The highest BCUT2D eigenvalue weighted by Gasteiger charge is 2.35. The number of halogens is 3. The first-order valence-electron chi connectivity index (χ1n) is 15.7. The average molecular weight is 663 g/mol. The summed E-state index contributed by atoms with van der Waals surface area (Å²) in [5.41, 5.74) is 2.74. The third kappa shape index (κ3) is 5.59. The Morgan fingerprint density at radius 1 is 1.26 bits per heavy atom. The van der Waals surface area contributed by atoms with Gasteiger partial charge in [-0.1, -0.05) is 18.2 Å². The van der Waals surface area contributed by atoms with E-state index in [1.54, 1.807) is 6.20 Å². The lowest BCUT2D eigenvalue weighted by Crippen LogP contribution is -2.55. The fourth-order valence-electron chi connectivity index (χ4n) is 7.02. The molecule has 5 heterocycles. The molecule has 0 saturated carbocycles. The number of rotatable bonds is 7. The van der Waals surface area contributed by atoms with Gasteiger partial charge < -0.3 is 24.2 Å². The number of piperazine rings is 1. The summed E-state index contributed by atoms with van der Waals surface area (Å²) in [6, 6.07) is 5.20. The van der Waals surface area contributed by atoms with Gasteiger partial charge in [0.1, 0.15) is 24.0 Å². The van der Waals surface area contributed by atoms with Crippen LogP contribution in [0.5, 0.6) is 11.8 Å². The van der Waals surface area contributed by atoms with Crippen molar-refractivity contribution in [2.24, 2.45) is 0 Å². The molecule has 7 rings (SSSR count). The quantitative estimate of drug-likeness (QED) is 0.267. The molecule has 2 fully saturated rings. The van der Waals surface area contributed by atoms with Crippen molar-refractivity contribution >= 4 is 45.1 Å². The number of likely N-dealkylation sites (N-methyl/N-ethyl adjacent to an activating group) is 1. The predicted molar refractivity (Wildman–Crippen MR) is 173 cm³/mol. The topological polar surface area (TPSA) is 124 Å². The fourth-order valence-corrected chi connectivity index (χ4v) is 7.22. The maximum atomic E-state index is 15.9. The number of fused-ring (bicyclic) bond motifs is 4. The molecule has 244 valence electrons. The lowest BCUT2D eigenvalue weighted by Gasteiger charge is -2.41. The molecule has 3 aliphatic rings. The van der Waals surface area contributed by atoms with Gasteiger partial charge in [-0.3, -0.25) is 9.89 Å². The molecule has 47 heavy (non-hydrogen) atoms. The van der Waals surface area contributed by atoms with Crippen LogP contribution in [0.2, 0.25) is 5.02 Å². The largest absolute Gasteiger partial charge is 0.492 e. The molecule has 11 nitrogen and oxygen atoms in total. The molecule has 1 N–H and O–H groups in total. The number of benzene rings is 2. The summed E-state index contributed by atoms with van der Waals surface area (Å²) in [6.07, 6.45) is 4.95. The van der Waals surface area contributed by atoms with Gasteiger partial charge in [-0.15, -0.1) is 0 Å². The smallest absolute Gasteiger partial charge is 0.319 e. The number of carbonyl (C=O) groups excluding carboxylic acids is 1. The first-order chi connectivity index (χ1) is 22.7. The zero-order chi connectivity index (χ0) is 32.8. The van der Waals surface area contributed by atoms with Crippen LogP contribution < -0.4 is 14.4 Å². The number of hydrogen-bond acceptors (Lipinski definition) is 9. The molecule has 4 aromatic rings. The van der Waals surface area contributed by atoms with Gasteiger partial charge in [0.2, 0.25) is 0 Å². The highest BCUT2D eigenvalue weighted by Crippen LogP contribution is 2.47. The summed E-state index contributed by atoms with van der Waals surface area (Å²) in [5.74, 6) is -1.44.